The molecule has 0 fully saturated rings. The Morgan fingerprint density at radius 3 is 2.68 bits per heavy atom. The summed E-state index contributed by atoms with van der Waals surface area (Å²) in [4.78, 5) is 4.33. The van der Waals surface area contributed by atoms with Crippen LogP contribution in [0.5, 0.6) is 5.75 Å². The molecule has 4 heteroatoms. The third-order valence-electron chi connectivity index (χ3n) is 2.90. The van der Waals surface area contributed by atoms with Crippen LogP contribution in [0.1, 0.15) is 11.6 Å². The summed E-state index contributed by atoms with van der Waals surface area (Å²) in [5, 5.41) is 4.37. The summed E-state index contributed by atoms with van der Waals surface area (Å²) in [7, 11) is 3.67. The number of para-hydroxylation sites is 1. The zero-order valence-corrected chi connectivity index (χ0v) is 12.0. The topological polar surface area (TPSA) is 34.2 Å². The molecule has 1 atom stereocenters. The van der Waals surface area contributed by atoms with Gasteiger partial charge in [0.2, 0.25) is 0 Å². The highest BCUT2D eigenvalue weighted by atomic mass is 32.2. The van der Waals surface area contributed by atoms with Gasteiger partial charge in [0.25, 0.3) is 0 Å². The van der Waals surface area contributed by atoms with Gasteiger partial charge in [-0.05, 0) is 25.2 Å². The molecule has 0 aliphatic carbocycles. The second-order valence-corrected chi connectivity index (χ2v) is 5.10. The summed E-state index contributed by atoms with van der Waals surface area (Å²) in [5.41, 5.74) is 1.18. The zero-order chi connectivity index (χ0) is 13.5. The maximum atomic E-state index is 5.42. The van der Waals surface area contributed by atoms with Crippen LogP contribution in [-0.4, -0.2) is 24.9 Å². The van der Waals surface area contributed by atoms with E-state index in [1.165, 1.54) is 5.56 Å². The molecule has 1 aromatic heterocycles. The highest BCUT2D eigenvalue weighted by Crippen LogP contribution is 2.28. The van der Waals surface area contributed by atoms with Gasteiger partial charge in [-0.1, -0.05) is 24.3 Å². The number of nitrogens with one attached hydrogen (secondary N) is 1. The van der Waals surface area contributed by atoms with Crippen LogP contribution in [-0.2, 0) is 0 Å². The lowest BCUT2D eigenvalue weighted by molar-refractivity contribution is 0.404. The van der Waals surface area contributed by atoms with E-state index in [0.717, 1.165) is 16.5 Å². The summed E-state index contributed by atoms with van der Waals surface area (Å²) in [5.74, 6) is 1.83. The SMILES string of the molecule is CNC(CSc1ccccn1)c1ccccc1OC. The average Bonchev–Trinajstić information content (AvgIpc) is 2.49. The van der Waals surface area contributed by atoms with Crippen LogP contribution in [0.3, 0.4) is 0 Å². The summed E-state index contributed by atoms with van der Waals surface area (Å²) >= 11 is 1.74. The molecule has 1 heterocycles. The number of rotatable bonds is 6. The van der Waals surface area contributed by atoms with Gasteiger partial charge in [-0.2, -0.15) is 0 Å². The number of nitrogens with zero attached hydrogens (tertiary/aromatic N) is 1. The second kappa shape index (κ2) is 7.16. The number of aromatic nitrogens is 1. The van der Waals surface area contributed by atoms with Crippen LogP contribution in [0.15, 0.2) is 53.7 Å². The monoisotopic (exact) mass is 274 g/mol. The van der Waals surface area contributed by atoms with E-state index in [0.29, 0.717) is 0 Å². The maximum absolute atomic E-state index is 5.42. The quantitative estimate of drug-likeness (QED) is 0.821. The normalized spacial score (nSPS) is 12.1. The van der Waals surface area contributed by atoms with Crippen molar-refractivity contribution in [2.24, 2.45) is 0 Å². The first kappa shape index (κ1) is 13.9. The zero-order valence-electron chi connectivity index (χ0n) is 11.2. The van der Waals surface area contributed by atoms with Crippen molar-refractivity contribution >= 4 is 11.8 Å². The van der Waals surface area contributed by atoms with Gasteiger partial charge in [0, 0.05) is 23.6 Å². The van der Waals surface area contributed by atoms with E-state index in [2.05, 4.69) is 16.4 Å². The maximum Gasteiger partial charge on any atom is 0.123 e. The van der Waals surface area contributed by atoms with Gasteiger partial charge in [-0.3, -0.25) is 0 Å². The van der Waals surface area contributed by atoms with Crippen molar-refractivity contribution in [3.05, 3.63) is 54.2 Å². The van der Waals surface area contributed by atoms with Crippen molar-refractivity contribution < 1.29 is 4.74 Å². The van der Waals surface area contributed by atoms with Crippen molar-refractivity contribution in [2.45, 2.75) is 11.1 Å². The molecule has 0 aliphatic rings. The van der Waals surface area contributed by atoms with Crippen LogP contribution in [0.4, 0.5) is 0 Å². The van der Waals surface area contributed by atoms with Crippen LogP contribution >= 0.6 is 11.8 Å². The minimum absolute atomic E-state index is 0.239. The van der Waals surface area contributed by atoms with E-state index in [1.807, 2.05) is 49.6 Å². The van der Waals surface area contributed by atoms with Crippen LogP contribution in [0.2, 0.25) is 0 Å². The highest BCUT2D eigenvalue weighted by molar-refractivity contribution is 7.99. The third kappa shape index (κ3) is 3.72. The van der Waals surface area contributed by atoms with Crippen molar-refractivity contribution in [3.63, 3.8) is 0 Å². The van der Waals surface area contributed by atoms with E-state index in [1.54, 1.807) is 18.9 Å². The first-order valence-electron chi connectivity index (χ1n) is 6.19. The fourth-order valence-corrected chi connectivity index (χ4v) is 2.88. The van der Waals surface area contributed by atoms with E-state index in [4.69, 9.17) is 4.74 Å². The molecule has 0 aliphatic heterocycles. The van der Waals surface area contributed by atoms with Gasteiger partial charge in [-0.25, -0.2) is 4.98 Å². The minimum atomic E-state index is 0.239. The Labute approximate surface area is 118 Å². The Hall–Kier alpha value is -1.52. The predicted molar refractivity (Wildman–Crippen MR) is 79.8 cm³/mol. The Bertz CT molecular complexity index is 505. The lowest BCUT2D eigenvalue weighted by Gasteiger charge is -2.18. The number of pyridine rings is 1. The molecule has 2 rings (SSSR count). The lowest BCUT2D eigenvalue weighted by atomic mass is 10.1. The van der Waals surface area contributed by atoms with E-state index in [-0.39, 0.29) is 6.04 Å². The molecule has 0 radical (unpaired) electrons. The number of thioether (sulfide) groups is 1. The van der Waals surface area contributed by atoms with Gasteiger partial charge in [0.05, 0.1) is 12.1 Å². The fraction of sp³-hybridized carbons (Fsp3) is 0.267. The van der Waals surface area contributed by atoms with Crippen molar-refractivity contribution in [1.82, 2.24) is 10.3 Å². The summed E-state index contributed by atoms with van der Waals surface area (Å²) in [6.07, 6.45) is 1.82. The van der Waals surface area contributed by atoms with Crippen LogP contribution in [0.25, 0.3) is 0 Å². The van der Waals surface area contributed by atoms with Crippen LogP contribution in [0, 0.1) is 0 Å². The Morgan fingerprint density at radius 2 is 2.00 bits per heavy atom. The Balaban J connectivity index is 2.08. The van der Waals surface area contributed by atoms with Gasteiger partial charge in [0.15, 0.2) is 0 Å². The Kier molecular flexibility index (Phi) is 5.24. The molecule has 2 aromatic rings. The lowest BCUT2D eigenvalue weighted by Crippen LogP contribution is -2.19. The Morgan fingerprint density at radius 1 is 1.21 bits per heavy atom. The third-order valence-corrected chi connectivity index (χ3v) is 3.94. The molecular formula is C15H18N2OS. The van der Waals surface area contributed by atoms with Crippen molar-refractivity contribution in [1.29, 1.82) is 0 Å². The van der Waals surface area contributed by atoms with E-state index < -0.39 is 0 Å². The smallest absolute Gasteiger partial charge is 0.123 e. The number of methoxy groups -OCH3 is 1. The molecule has 1 unspecified atom stereocenters. The molecule has 0 saturated carbocycles. The molecule has 19 heavy (non-hydrogen) atoms. The molecule has 0 bridgehead atoms. The minimum Gasteiger partial charge on any atom is -0.496 e. The number of ether oxygens (including phenoxy) is 1. The molecule has 1 N–H and O–H groups in total. The van der Waals surface area contributed by atoms with Crippen molar-refractivity contribution in [3.8, 4) is 5.75 Å². The summed E-state index contributed by atoms with van der Waals surface area (Å²) < 4.78 is 5.42. The summed E-state index contributed by atoms with van der Waals surface area (Å²) in [6.45, 7) is 0. The van der Waals surface area contributed by atoms with Gasteiger partial charge < -0.3 is 10.1 Å². The highest BCUT2D eigenvalue weighted by Gasteiger charge is 2.14. The average molecular weight is 274 g/mol. The standard InChI is InChI=1S/C15H18N2OS/c1-16-13(11-19-15-9-5-6-10-17-15)12-7-3-4-8-14(12)18-2/h3-10,13,16H,11H2,1-2H3. The van der Waals surface area contributed by atoms with Gasteiger partial charge in [0.1, 0.15) is 5.75 Å². The molecular weight excluding hydrogens is 256 g/mol. The molecule has 0 saturated heterocycles. The molecule has 1 aromatic carbocycles. The van der Waals surface area contributed by atoms with Gasteiger partial charge in [-0.15, -0.1) is 11.8 Å². The molecule has 3 nitrogen and oxygen atoms in total. The first-order valence-corrected chi connectivity index (χ1v) is 7.17. The molecule has 100 valence electrons. The fourth-order valence-electron chi connectivity index (χ4n) is 1.88. The molecule has 0 spiro atoms. The number of hydrogen-bond acceptors (Lipinski definition) is 4. The first-order chi connectivity index (χ1) is 9.35. The van der Waals surface area contributed by atoms with Crippen molar-refractivity contribution in [2.75, 3.05) is 19.9 Å². The number of hydrogen-bond donors (Lipinski definition) is 1. The number of benzene rings is 1. The molecule has 0 amide bonds. The summed E-state index contributed by atoms with van der Waals surface area (Å²) in [6, 6.07) is 14.3. The van der Waals surface area contributed by atoms with Gasteiger partial charge >= 0.3 is 0 Å². The van der Waals surface area contributed by atoms with E-state index >= 15 is 0 Å². The largest absolute Gasteiger partial charge is 0.496 e. The predicted octanol–water partition coefficient (Wildman–Crippen LogP) is 3.14. The van der Waals surface area contributed by atoms with E-state index in [9.17, 15) is 0 Å². The van der Waals surface area contributed by atoms with Crippen LogP contribution < -0.4 is 10.1 Å². The second-order valence-electron chi connectivity index (χ2n) is 4.06.